The van der Waals surface area contributed by atoms with Gasteiger partial charge in [-0.25, -0.2) is 0 Å². The number of dihydropyridines is 1. The third kappa shape index (κ3) is 2.26. The van der Waals surface area contributed by atoms with Gasteiger partial charge in [-0.15, -0.1) is 0 Å². The molecule has 3 heteroatoms. The van der Waals surface area contributed by atoms with Gasteiger partial charge in [0.2, 0.25) is 0 Å². The molecule has 0 amide bonds. The molecule has 0 saturated carbocycles. The minimum absolute atomic E-state index is 0.363. The minimum atomic E-state index is 0.363. The van der Waals surface area contributed by atoms with Gasteiger partial charge in [0.05, 0.1) is 6.10 Å². The highest BCUT2D eigenvalue weighted by Crippen LogP contribution is 2.23. The molecular formula is C10H13ClNO. The predicted octanol–water partition coefficient (Wildman–Crippen LogP) is 1.97. The largest absolute Gasteiger partial charge is 0.378 e. The third-order valence-electron chi connectivity index (χ3n) is 2.38. The number of nitrogens with one attached hydrogen (secondary N) is 1. The summed E-state index contributed by atoms with van der Waals surface area (Å²) in [6.45, 7) is 1.62. The van der Waals surface area contributed by atoms with E-state index < -0.39 is 0 Å². The third-order valence-corrected chi connectivity index (χ3v) is 2.75. The zero-order valence-corrected chi connectivity index (χ0v) is 8.23. The van der Waals surface area contributed by atoms with Gasteiger partial charge in [0.15, 0.2) is 0 Å². The van der Waals surface area contributed by atoms with Crippen molar-refractivity contribution in [2.24, 2.45) is 0 Å². The highest BCUT2D eigenvalue weighted by Gasteiger charge is 2.18. The average molecular weight is 199 g/mol. The highest BCUT2D eigenvalue weighted by atomic mass is 35.5. The highest BCUT2D eigenvalue weighted by molar-refractivity contribution is 6.29. The fraction of sp³-hybridized carbons (Fsp3) is 0.600. The van der Waals surface area contributed by atoms with Crippen LogP contribution in [0, 0.1) is 6.08 Å². The van der Waals surface area contributed by atoms with E-state index >= 15 is 0 Å². The smallest absolute Gasteiger partial charge is 0.105 e. The van der Waals surface area contributed by atoms with Gasteiger partial charge in [0.1, 0.15) is 5.16 Å². The SMILES string of the molecule is ClC1=C(CC2CCCO2)C=[C]CN1. The molecule has 13 heavy (non-hydrogen) atoms. The standard InChI is InChI=1S/C10H13ClNO/c11-10-8(3-1-5-12-10)7-9-4-2-6-13-9/h3,9,12H,2,4-7H2. The molecule has 0 spiro atoms. The summed E-state index contributed by atoms with van der Waals surface area (Å²) in [5.41, 5.74) is 1.12. The lowest BCUT2D eigenvalue weighted by molar-refractivity contribution is 0.112. The second-order valence-electron chi connectivity index (χ2n) is 3.38. The molecule has 1 atom stereocenters. The zero-order chi connectivity index (χ0) is 9.10. The quantitative estimate of drug-likeness (QED) is 0.686. The Morgan fingerprint density at radius 3 is 3.31 bits per heavy atom. The van der Waals surface area contributed by atoms with Crippen molar-refractivity contribution in [2.45, 2.75) is 25.4 Å². The van der Waals surface area contributed by atoms with Crippen LogP contribution in [0.5, 0.6) is 0 Å². The summed E-state index contributed by atoms with van der Waals surface area (Å²) in [6, 6.07) is 0. The molecule has 1 radical (unpaired) electrons. The molecule has 0 aromatic carbocycles. The van der Waals surface area contributed by atoms with Gasteiger partial charge < -0.3 is 10.1 Å². The van der Waals surface area contributed by atoms with Crippen LogP contribution in [0.4, 0.5) is 0 Å². The Morgan fingerprint density at radius 1 is 1.69 bits per heavy atom. The second kappa shape index (κ2) is 4.16. The van der Waals surface area contributed by atoms with Crippen LogP contribution in [0.1, 0.15) is 19.3 Å². The fourth-order valence-corrected chi connectivity index (χ4v) is 1.88. The first kappa shape index (κ1) is 9.10. The monoisotopic (exact) mass is 198 g/mol. The van der Waals surface area contributed by atoms with Crippen LogP contribution in [-0.4, -0.2) is 19.3 Å². The summed E-state index contributed by atoms with van der Waals surface area (Å²) in [4.78, 5) is 0. The van der Waals surface area contributed by atoms with Gasteiger partial charge in [0.25, 0.3) is 0 Å². The molecule has 2 nitrogen and oxygen atoms in total. The van der Waals surface area contributed by atoms with Crippen LogP contribution in [0.3, 0.4) is 0 Å². The van der Waals surface area contributed by atoms with Gasteiger partial charge in [-0.1, -0.05) is 17.7 Å². The number of ether oxygens (including phenoxy) is 1. The molecule has 71 valence electrons. The van der Waals surface area contributed by atoms with E-state index in [1.54, 1.807) is 0 Å². The Morgan fingerprint density at radius 2 is 2.62 bits per heavy atom. The van der Waals surface area contributed by atoms with E-state index in [-0.39, 0.29) is 0 Å². The fourth-order valence-electron chi connectivity index (χ4n) is 1.68. The lowest BCUT2D eigenvalue weighted by atomic mass is 10.1. The molecular weight excluding hydrogens is 186 g/mol. The van der Waals surface area contributed by atoms with Crippen molar-refractivity contribution in [1.29, 1.82) is 0 Å². The van der Waals surface area contributed by atoms with Crippen molar-refractivity contribution in [2.75, 3.05) is 13.2 Å². The summed E-state index contributed by atoms with van der Waals surface area (Å²) in [6.07, 6.45) is 8.69. The van der Waals surface area contributed by atoms with E-state index in [1.807, 2.05) is 6.08 Å². The summed E-state index contributed by atoms with van der Waals surface area (Å²) >= 11 is 6.00. The molecule has 1 unspecified atom stereocenters. The van der Waals surface area contributed by atoms with Crippen LogP contribution in [0.15, 0.2) is 16.8 Å². The average Bonchev–Trinajstić information content (AvgIpc) is 2.61. The normalized spacial score (nSPS) is 27.9. The first-order chi connectivity index (χ1) is 6.36. The van der Waals surface area contributed by atoms with E-state index in [0.717, 1.165) is 30.2 Å². The summed E-state index contributed by atoms with van der Waals surface area (Å²) in [5.74, 6) is 0. The maximum Gasteiger partial charge on any atom is 0.105 e. The lowest BCUT2D eigenvalue weighted by Gasteiger charge is -2.15. The Bertz CT molecular complexity index is 241. The maximum atomic E-state index is 6.00. The summed E-state index contributed by atoms with van der Waals surface area (Å²) < 4.78 is 5.54. The van der Waals surface area contributed by atoms with Crippen molar-refractivity contribution in [1.82, 2.24) is 5.32 Å². The van der Waals surface area contributed by atoms with E-state index in [4.69, 9.17) is 16.3 Å². The molecule has 1 fully saturated rings. The minimum Gasteiger partial charge on any atom is -0.378 e. The van der Waals surface area contributed by atoms with Crippen molar-refractivity contribution < 1.29 is 4.74 Å². The summed E-state index contributed by atoms with van der Waals surface area (Å²) in [5, 5.41) is 3.81. The van der Waals surface area contributed by atoms with Crippen molar-refractivity contribution in [3.8, 4) is 0 Å². The number of rotatable bonds is 2. The van der Waals surface area contributed by atoms with Gasteiger partial charge in [0, 0.05) is 19.6 Å². The maximum absolute atomic E-state index is 6.00. The molecule has 0 bridgehead atoms. The van der Waals surface area contributed by atoms with E-state index in [1.165, 1.54) is 6.42 Å². The molecule has 2 aliphatic heterocycles. The number of hydrogen-bond donors (Lipinski definition) is 1. The van der Waals surface area contributed by atoms with E-state index in [2.05, 4.69) is 11.4 Å². The van der Waals surface area contributed by atoms with Crippen molar-refractivity contribution >= 4 is 11.6 Å². The molecule has 0 aliphatic carbocycles. The molecule has 1 N–H and O–H groups in total. The first-order valence-corrected chi connectivity index (χ1v) is 5.05. The van der Waals surface area contributed by atoms with Crippen LogP contribution in [0.2, 0.25) is 0 Å². The second-order valence-corrected chi connectivity index (χ2v) is 3.76. The number of halogens is 1. The Hall–Kier alpha value is -0.470. The van der Waals surface area contributed by atoms with Crippen LogP contribution < -0.4 is 5.32 Å². The first-order valence-electron chi connectivity index (χ1n) is 4.67. The zero-order valence-electron chi connectivity index (χ0n) is 7.48. The Labute approximate surface area is 83.6 Å². The van der Waals surface area contributed by atoms with Crippen LogP contribution in [-0.2, 0) is 4.74 Å². The topological polar surface area (TPSA) is 21.3 Å². The number of hydrogen-bond acceptors (Lipinski definition) is 2. The molecule has 1 saturated heterocycles. The summed E-state index contributed by atoms with van der Waals surface area (Å²) in [7, 11) is 0. The van der Waals surface area contributed by atoms with Gasteiger partial charge in [-0.05, 0) is 24.5 Å². The lowest BCUT2D eigenvalue weighted by Crippen LogP contribution is -2.17. The van der Waals surface area contributed by atoms with Crippen LogP contribution >= 0.6 is 11.6 Å². The molecule has 2 heterocycles. The van der Waals surface area contributed by atoms with E-state index in [0.29, 0.717) is 12.6 Å². The number of allylic oxidation sites excluding steroid dienone is 1. The Balaban J connectivity index is 1.95. The van der Waals surface area contributed by atoms with Crippen LogP contribution in [0.25, 0.3) is 0 Å². The van der Waals surface area contributed by atoms with Crippen molar-refractivity contribution in [3.05, 3.63) is 22.9 Å². The van der Waals surface area contributed by atoms with E-state index in [9.17, 15) is 0 Å². The predicted molar refractivity (Wildman–Crippen MR) is 52.3 cm³/mol. The molecule has 2 rings (SSSR count). The van der Waals surface area contributed by atoms with Gasteiger partial charge in [-0.2, -0.15) is 0 Å². The van der Waals surface area contributed by atoms with Gasteiger partial charge >= 0.3 is 0 Å². The molecule has 0 aromatic rings. The Kier molecular flexibility index (Phi) is 2.91. The van der Waals surface area contributed by atoms with Gasteiger partial charge in [-0.3, -0.25) is 0 Å². The van der Waals surface area contributed by atoms with Crippen molar-refractivity contribution in [3.63, 3.8) is 0 Å². The molecule has 0 aromatic heterocycles. The molecule has 2 aliphatic rings.